The van der Waals surface area contributed by atoms with E-state index < -0.39 is 0 Å². The van der Waals surface area contributed by atoms with Crippen molar-refractivity contribution in [3.05, 3.63) is 17.8 Å². The van der Waals surface area contributed by atoms with Crippen molar-refractivity contribution in [2.75, 3.05) is 0 Å². The van der Waals surface area contributed by atoms with E-state index in [4.69, 9.17) is 10.2 Å². The van der Waals surface area contributed by atoms with Crippen molar-refractivity contribution < 1.29 is 4.42 Å². The predicted molar refractivity (Wildman–Crippen MR) is 45.5 cm³/mol. The van der Waals surface area contributed by atoms with Crippen LogP contribution in [0.25, 0.3) is 0 Å². The van der Waals surface area contributed by atoms with E-state index in [0.29, 0.717) is 5.89 Å². The SMILES string of the molecule is Cc1nc(C(N)CC2CC2)co1. The molecule has 0 saturated heterocycles. The Bertz CT molecular complexity index is 265. The molecule has 2 N–H and O–H groups in total. The van der Waals surface area contributed by atoms with Gasteiger partial charge in [-0.3, -0.25) is 0 Å². The van der Waals surface area contributed by atoms with Gasteiger partial charge in [0.25, 0.3) is 0 Å². The number of aromatic nitrogens is 1. The quantitative estimate of drug-likeness (QED) is 0.744. The molecular weight excluding hydrogens is 152 g/mol. The van der Waals surface area contributed by atoms with Crippen molar-refractivity contribution in [1.29, 1.82) is 0 Å². The first kappa shape index (κ1) is 7.80. The molecule has 1 atom stereocenters. The molecule has 1 aliphatic rings. The smallest absolute Gasteiger partial charge is 0.191 e. The normalized spacial score (nSPS) is 19.5. The lowest BCUT2D eigenvalue weighted by atomic mass is 10.1. The highest BCUT2D eigenvalue weighted by Crippen LogP contribution is 2.36. The minimum Gasteiger partial charge on any atom is -0.449 e. The fourth-order valence-electron chi connectivity index (χ4n) is 1.38. The Morgan fingerprint density at radius 2 is 2.50 bits per heavy atom. The summed E-state index contributed by atoms with van der Waals surface area (Å²) in [4.78, 5) is 4.20. The van der Waals surface area contributed by atoms with E-state index in [1.807, 2.05) is 6.92 Å². The van der Waals surface area contributed by atoms with Crippen LogP contribution in [0.4, 0.5) is 0 Å². The molecule has 0 aliphatic heterocycles. The Hall–Kier alpha value is -0.830. The Balaban J connectivity index is 1.97. The summed E-state index contributed by atoms with van der Waals surface area (Å²) in [6.07, 6.45) is 5.41. The van der Waals surface area contributed by atoms with Crippen molar-refractivity contribution in [1.82, 2.24) is 4.98 Å². The number of rotatable bonds is 3. The molecule has 0 aromatic carbocycles. The molecule has 3 nitrogen and oxygen atoms in total. The highest BCUT2D eigenvalue weighted by Gasteiger charge is 2.25. The third-order valence-corrected chi connectivity index (χ3v) is 2.30. The van der Waals surface area contributed by atoms with Crippen LogP contribution in [0, 0.1) is 12.8 Å². The Morgan fingerprint density at radius 1 is 1.75 bits per heavy atom. The van der Waals surface area contributed by atoms with E-state index in [0.717, 1.165) is 18.0 Å². The summed E-state index contributed by atoms with van der Waals surface area (Å²) < 4.78 is 5.10. The topological polar surface area (TPSA) is 52.0 Å². The van der Waals surface area contributed by atoms with Gasteiger partial charge in [0.05, 0.1) is 11.7 Å². The number of oxazole rings is 1. The van der Waals surface area contributed by atoms with Crippen LogP contribution in [0.5, 0.6) is 0 Å². The highest BCUT2D eigenvalue weighted by molar-refractivity contribution is 5.02. The zero-order valence-electron chi connectivity index (χ0n) is 7.29. The van der Waals surface area contributed by atoms with E-state index in [9.17, 15) is 0 Å². The second-order valence-corrected chi connectivity index (χ2v) is 3.58. The maximum Gasteiger partial charge on any atom is 0.191 e. The number of hydrogen-bond acceptors (Lipinski definition) is 3. The molecule has 1 heterocycles. The maximum atomic E-state index is 5.93. The van der Waals surface area contributed by atoms with Crippen LogP contribution in [-0.4, -0.2) is 4.98 Å². The van der Waals surface area contributed by atoms with Crippen LogP contribution in [0.2, 0.25) is 0 Å². The number of nitrogens with zero attached hydrogens (tertiary/aromatic N) is 1. The summed E-state index contributed by atoms with van der Waals surface area (Å²) in [6, 6.07) is 0.0787. The van der Waals surface area contributed by atoms with E-state index in [1.165, 1.54) is 12.8 Å². The van der Waals surface area contributed by atoms with Gasteiger partial charge in [-0.2, -0.15) is 0 Å². The van der Waals surface area contributed by atoms with Crippen molar-refractivity contribution in [3.63, 3.8) is 0 Å². The summed E-state index contributed by atoms with van der Waals surface area (Å²) in [5, 5.41) is 0. The zero-order chi connectivity index (χ0) is 8.55. The van der Waals surface area contributed by atoms with Gasteiger partial charge in [0.1, 0.15) is 6.26 Å². The average molecular weight is 166 g/mol. The molecule has 0 amide bonds. The molecule has 2 rings (SSSR count). The van der Waals surface area contributed by atoms with Gasteiger partial charge in [0, 0.05) is 6.92 Å². The Labute approximate surface area is 72.0 Å². The molecule has 1 saturated carbocycles. The summed E-state index contributed by atoms with van der Waals surface area (Å²) >= 11 is 0. The van der Waals surface area contributed by atoms with E-state index >= 15 is 0 Å². The van der Waals surface area contributed by atoms with E-state index in [1.54, 1.807) is 6.26 Å². The van der Waals surface area contributed by atoms with Crippen molar-refractivity contribution >= 4 is 0 Å². The molecule has 12 heavy (non-hydrogen) atoms. The van der Waals surface area contributed by atoms with Crippen molar-refractivity contribution in [2.45, 2.75) is 32.2 Å². The third kappa shape index (κ3) is 1.67. The second kappa shape index (κ2) is 2.90. The third-order valence-electron chi connectivity index (χ3n) is 2.30. The summed E-state index contributed by atoms with van der Waals surface area (Å²) in [6.45, 7) is 1.84. The fourth-order valence-corrected chi connectivity index (χ4v) is 1.38. The van der Waals surface area contributed by atoms with Crippen LogP contribution in [0.15, 0.2) is 10.7 Å². The van der Waals surface area contributed by atoms with Crippen LogP contribution in [0.3, 0.4) is 0 Å². The molecule has 0 radical (unpaired) electrons. The van der Waals surface area contributed by atoms with Gasteiger partial charge in [0.15, 0.2) is 5.89 Å². The standard InChI is InChI=1S/C9H14N2O/c1-6-11-9(5-12-6)8(10)4-7-2-3-7/h5,7-8H,2-4,10H2,1H3. The van der Waals surface area contributed by atoms with E-state index in [2.05, 4.69) is 4.98 Å². The van der Waals surface area contributed by atoms with Crippen LogP contribution in [-0.2, 0) is 0 Å². The first-order valence-corrected chi connectivity index (χ1v) is 4.43. The van der Waals surface area contributed by atoms with Crippen molar-refractivity contribution in [2.24, 2.45) is 11.7 Å². The molecular formula is C9H14N2O. The summed E-state index contributed by atoms with van der Waals surface area (Å²) in [5.74, 6) is 1.55. The van der Waals surface area contributed by atoms with Gasteiger partial charge in [0.2, 0.25) is 0 Å². The van der Waals surface area contributed by atoms with Gasteiger partial charge in [-0.15, -0.1) is 0 Å². The average Bonchev–Trinajstić information content (AvgIpc) is 2.72. The van der Waals surface area contributed by atoms with Crippen molar-refractivity contribution in [3.8, 4) is 0 Å². The lowest BCUT2D eigenvalue weighted by Gasteiger charge is -2.05. The van der Waals surface area contributed by atoms with Crippen LogP contribution < -0.4 is 5.73 Å². The molecule has 1 aliphatic carbocycles. The number of hydrogen-bond donors (Lipinski definition) is 1. The fraction of sp³-hybridized carbons (Fsp3) is 0.667. The van der Waals surface area contributed by atoms with Crippen LogP contribution in [0.1, 0.15) is 36.9 Å². The second-order valence-electron chi connectivity index (χ2n) is 3.58. The number of aryl methyl sites for hydroxylation is 1. The molecule has 0 spiro atoms. The first-order chi connectivity index (χ1) is 5.75. The molecule has 1 unspecified atom stereocenters. The van der Waals surface area contributed by atoms with Gasteiger partial charge in [-0.25, -0.2) is 4.98 Å². The van der Waals surface area contributed by atoms with Gasteiger partial charge < -0.3 is 10.2 Å². The summed E-state index contributed by atoms with van der Waals surface area (Å²) in [7, 11) is 0. The van der Waals surface area contributed by atoms with Gasteiger partial charge >= 0.3 is 0 Å². The minimum atomic E-state index is 0.0787. The Kier molecular flexibility index (Phi) is 1.89. The maximum absolute atomic E-state index is 5.93. The minimum absolute atomic E-state index is 0.0787. The van der Waals surface area contributed by atoms with E-state index in [-0.39, 0.29) is 6.04 Å². The van der Waals surface area contributed by atoms with Crippen LogP contribution >= 0.6 is 0 Å². The monoisotopic (exact) mass is 166 g/mol. The largest absolute Gasteiger partial charge is 0.449 e. The predicted octanol–water partition coefficient (Wildman–Crippen LogP) is 1.78. The first-order valence-electron chi connectivity index (χ1n) is 4.43. The molecule has 0 bridgehead atoms. The lowest BCUT2D eigenvalue weighted by Crippen LogP contribution is -2.11. The highest BCUT2D eigenvalue weighted by atomic mass is 16.3. The Morgan fingerprint density at radius 3 is 3.00 bits per heavy atom. The zero-order valence-corrected chi connectivity index (χ0v) is 7.29. The molecule has 1 aromatic heterocycles. The lowest BCUT2D eigenvalue weighted by molar-refractivity contribution is 0.517. The summed E-state index contributed by atoms with van der Waals surface area (Å²) in [5.41, 5.74) is 6.83. The van der Waals surface area contributed by atoms with Gasteiger partial charge in [-0.05, 0) is 12.3 Å². The number of nitrogens with two attached hydrogens (primary N) is 1. The molecule has 1 aromatic rings. The molecule has 66 valence electrons. The molecule has 1 fully saturated rings. The van der Waals surface area contributed by atoms with Gasteiger partial charge in [-0.1, -0.05) is 12.8 Å². The molecule has 3 heteroatoms.